The van der Waals surface area contributed by atoms with E-state index < -0.39 is 16.1 Å². The number of aryl methyl sites for hydroxylation is 2. The highest BCUT2D eigenvalue weighted by Gasteiger charge is 2.24. The Morgan fingerprint density at radius 2 is 1.84 bits per heavy atom. The Morgan fingerprint density at radius 3 is 2.60 bits per heavy atom. The molecule has 2 atom stereocenters. The van der Waals surface area contributed by atoms with E-state index in [0.29, 0.717) is 66.9 Å². The second-order valence-corrected chi connectivity index (χ2v) is 13.4. The summed E-state index contributed by atoms with van der Waals surface area (Å²) in [4.78, 5) is 16.9. The fraction of sp³-hybridized carbons (Fsp3) is 0.419. The van der Waals surface area contributed by atoms with Crippen LogP contribution in [0.25, 0.3) is 5.69 Å². The standard InChI is InChI=1S/C31H38N8O5S/c32-30-14-6-23(18-34-30)28(40)20-33-19-26-11-5-22-17-27(12-13-29(22)44-26)45(42,43)35-24-7-9-25(10-8-24)39-31(41)38(36-37-39)16-15-21-3-1-2-4-21/h6-10,12-14,17-18,21,26,28,33,35,40H,1-5,11,15-16,19-20H2,(H2,32,34). The summed E-state index contributed by atoms with van der Waals surface area (Å²) < 4.78 is 37.7. The summed E-state index contributed by atoms with van der Waals surface area (Å²) in [6.45, 7) is 1.40. The minimum Gasteiger partial charge on any atom is -0.489 e. The summed E-state index contributed by atoms with van der Waals surface area (Å²) in [5.41, 5.74) is 7.64. The van der Waals surface area contributed by atoms with Gasteiger partial charge in [-0.15, -0.1) is 0 Å². The summed E-state index contributed by atoms with van der Waals surface area (Å²) in [6, 6.07) is 14.7. The fourth-order valence-electron chi connectivity index (χ4n) is 5.91. The number of nitrogens with one attached hydrogen (secondary N) is 2. The second-order valence-electron chi connectivity index (χ2n) is 11.7. The van der Waals surface area contributed by atoms with Crippen LogP contribution in [0.4, 0.5) is 11.5 Å². The zero-order chi connectivity index (χ0) is 31.4. The molecule has 6 rings (SSSR count). The van der Waals surface area contributed by atoms with Crippen LogP contribution in [-0.4, -0.2) is 57.5 Å². The van der Waals surface area contributed by atoms with Crippen molar-refractivity contribution in [3.63, 3.8) is 0 Å². The van der Waals surface area contributed by atoms with E-state index in [1.165, 1.54) is 41.1 Å². The molecule has 2 unspecified atom stereocenters. The molecule has 1 aliphatic carbocycles. The van der Waals surface area contributed by atoms with Gasteiger partial charge in [0.05, 0.1) is 16.7 Å². The molecule has 13 nitrogen and oxygen atoms in total. The number of benzene rings is 2. The van der Waals surface area contributed by atoms with Crippen LogP contribution in [0.1, 0.15) is 55.8 Å². The van der Waals surface area contributed by atoms with Crippen LogP contribution in [0.3, 0.4) is 0 Å². The third-order valence-corrected chi connectivity index (χ3v) is 9.88. The lowest BCUT2D eigenvalue weighted by Gasteiger charge is -2.27. The molecular formula is C31H38N8O5S. The molecular weight excluding hydrogens is 596 g/mol. The van der Waals surface area contributed by atoms with Crippen molar-refractivity contribution < 1.29 is 18.3 Å². The maximum atomic E-state index is 13.2. The number of anilines is 2. The van der Waals surface area contributed by atoms with Gasteiger partial charge in [-0.1, -0.05) is 31.7 Å². The number of aliphatic hydroxyl groups excluding tert-OH is 1. The molecule has 1 fully saturated rings. The summed E-state index contributed by atoms with van der Waals surface area (Å²) in [6.07, 6.45) is 7.89. The molecule has 5 N–H and O–H groups in total. The highest BCUT2D eigenvalue weighted by molar-refractivity contribution is 7.92. The number of aromatic nitrogens is 5. The first-order chi connectivity index (χ1) is 21.7. The lowest BCUT2D eigenvalue weighted by Crippen LogP contribution is -2.36. The number of pyridine rings is 1. The largest absolute Gasteiger partial charge is 0.489 e. The van der Waals surface area contributed by atoms with E-state index in [0.717, 1.165) is 12.0 Å². The van der Waals surface area contributed by atoms with E-state index in [-0.39, 0.29) is 16.7 Å². The number of hydrogen-bond donors (Lipinski definition) is 4. The second kappa shape index (κ2) is 13.4. The van der Waals surface area contributed by atoms with E-state index in [4.69, 9.17) is 10.5 Å². The van der Waals surface area contributed by atoms with Crippen molar-refractivity contribution in [2.24, 2.45) is 5.92 Å². The van der Waals surface area contributed by atoms with Crippen molar-refractivity contribution in [1.29, 1.82) is 0 Å². The summed E-state index contributed by atoms with van der Waals surface area (Å²) >= 11 is 0. The minimum atomic E-state index is -3.87. The van der Waals surface area contributed by atoms with Crippen LogP contribution in [0.5, 0.6) is 5.75 Å². The molecule has 2 aliphatic rings. The monoisotopic (exact) mass is 634 g/mol. The first kappa shape index (κ1) is 30.7. The minimum absolute atomic E-state index is 0.116. The highest BCUT2D eigenvalue weighted by atomic mass is 32.2. The Kier molecular flexibility index (Phi) is 9.14. The zero-order valence-electron chi connectivity index (χ0n) is 24.9. The predicted molar refractivity (Wildman–Crippen MR) is 169 cm³/mol. The number of hydrogen-bond acceptors (Lipinski definition) is 10. The van der Waals surface area contributed by atoms with E-state index in [1.807, 2.05) is 0 Å². The van der Waals surface area contributed by atoms with Gasteiger partial charge < -0.3 is 20.9 Å². The Morgan fingerprint density at radius 1 is 1.04 bits per heavy atom. The highest BCUT2D eigenvalue weighted by Crippen LogP contribution is 2.31. The van der Waals surface area contributed by atoms with Gasteiger partial charge in [-0.25, -0.2) is 18.2 Å². The Bertz CT molecular complexity index is 1770. The van der Waals surface area contributed by atoms with Crippen LogP contribution in [0.2, 0.25) is 0 Å². The zero-order valence-corrected chi connectivity index (χ0v) is 25.7. The van der Waals surface area contributed by atoms with Gasteiger partial charge in [0.25, 0.3) is 10.0 Å². The number of nitrogens with zero attached hydrogens (tertiary/aromatic N) is 5. The number of nitrogen functional groups attached to an aromatic ring is 1. The van der Waals surface area contributed by atoms with Crippen LogP contribution in [0, 0.1) is 5.92 Å². The van der Waals surface area contributed by atoms with Crippen molar-refractivity contribution in [1.82, 2.24) is 30.1 Å². The fourth-order valence-corrected chi connectivity index (χ4v) is 7.02. The molecule has 45 heavy (non-hydrogen) atoms. The Hall–Kier alpha value is -4.27. The number of tetrazole rings is 1. The van der Waals surface area contributed by atoms with E-state index in [2.05, 4.69) is 25.4 Å². The van der Waals surface area contributed by atoms with Gasteiger partial charge >= 0.3 is 5.69 Å². The average Bonchev–Trinajstić information content (AvgIpc) is 3.70. The van der Waals surface area contributed by atoms with Crippen LogP contribution in [-0.2, 0) is 23.0 Å². The quantitative estimate of drug-likeness (QED) is 0.181. The molecule has 1 saturated carbocycles. The molecule has 0 amide bonds. The predicted octanol–water partition coefficient (Wildman–Crippen LogP) is 2.80. The smallest absolute Gasteiger partial charge is 0.368 e. The van der Waals surface area contributed by atoms with Crippen LogP contribution in [0.15, 0.2) is 70.5 Å². The van der Waals surface area contributed by atoms with Gasteiger partial charge in [0.15, 0.2) is 0 Å². The molecule has 0 radical (unpaired) electrons. The molecule has 0 bridgehead atoms. The van der Waals surface area contributed by atoms with E-state index in [9.17, 15) is 18.3 Å². The van der Waals surface area contributed by atoms with Crippen LogP contribution < -0.4 is 26.2 Å². The molecule has 0 spiro atoms. The van der Waals surface area contributed by atoms with Crippen molar-refractivity contribution >= 4 is 21.5 Å². The SMILES string of the molecule is Nc1ccc(C(O)CNCC2CCc3cc(S(=O)(=O)Nc4ccc(-n5nnn(CCC6CCCC6)c5=O)cc4)ccc3O2)cn1. The lowest BCUT2D eigenvalue weighted by molar-refractivity contribution is 0.146. The molecule has 1 aliphatic heterocycles. The van der Waals surface area contributed by atoms with Crippen molar-refractivity contribution in [3.05, 3.63) is 82.4 Å². The van der Waals surface area contributed by atoms with Crippen molar-refractivity contribution in [2.45, 2.75) is 68.6 Å². The number of sulfonamides is 1. The number of ether oxygens (including phenoxy) is 1. The number of fused-ring (bicyclic) bond motifs is 1. The Balaban J connectivity index is 1.02. The van der Waals surface area contributed by atoms with Crippen LogP contribution >= 0.6 is 0 Å². The molecule has 0 saturated heterocycles. The maximum absolute atomic E-state index is 13.2. The Labute approximate surface area is 261 Å². The third kappa shape index (κ3) is 7.35. The number of rotatable bonds is 12. The molecule has 2 aromatic carbocycles. The number of nitrogens with two attached hydrogens (primary N) is 1. The van der Waals surface area contributed by atoms with Gasteiger partial charge in [0, 0.05) is 37.1 Å². The van der Waals surface area contributed by atoms with Crippen molar-refractivity contribution in [2.75, 3.05) is 23.5 Å². The maximum Gasteiger partial charge on any atom is 0.368 e. The molecule has 2 aromatic heterocycles. The summed E-state index contributed by atoms with van der Waals surface area (Å²) in [7, 11) is -3.87. The van der Waals surface area contributed by atoms with E-state index >= 15 is 0 Å². The molecule has 3 heterocycles. The summed E-state index contributed by atoms with van der Waals surface area (Å²) in [5, 5.41) is 21.6. The van der Waals surface area contributed by atoms with Crippen molar-refractivity contribution in [3.8, 4) is 11.4 Å². The van der Waals surface area contributed by atoms with Gasteiger partial charge in [-0.2, -0.15) is 9.36 Å². The van der Waals surface area contributed by atoms with Gasteiger partial charge in [-0.05, 0) is 89.7 Å². The first-order valence-electron chi connectivity index (χ1n) is 15.3. The summed E-state index contributed by atoms with van der Waals surface area (Å²) in [5.74, 6) is 1.68. The molecule has 14 heteroatoms. The van der Waals surface area contributed by atoms with Gasteiger partial charge in [-0.3, -0.25) is 4.72 Å². The van der Waals surface area contributed by atoms with Gasteiger partial charge in [0.1, 0.15) is 17.7 Å². The average molecular weight is 635 g/mol. The number of aliphatic hydroxyl groups is 1. The first-order valence-corrected chi connectivity index (χ1v) is 16.8. The topological polar surface area (TPSA) is 179 Å². The normalized spacial score (nSPS) is 17.5. The molecule has 4 aromatic rings. The lowest BCUT2D eigenvalue weighted by atomic mass is 10.0. The third-order valence-electron chi connectivity index (χ3n) is 8.50. The molecule has 238 valence electrons. The van der Waals surface area contributed by atoms with E-state index in [1.54, 1.807) is 54.7 Å². The van der Waals surface area contributed by atoms with Gasteiger partial charge in [0.2, 0.25) is 0 Å².